The molecule has 0 unspecified atom stereocenters. The van der Waals surface area contributed by atoms with Gasteiger partial charge in [-0.05, 0) is 42.5 Å². The topological polar surface area (TPSA) is 44.5 Å². The van der Waals surface area contributed by atoms with Crippen LogP contribution in [0.1, 0.15) is 5.56 Å². The highest BCUT2D eigenvalue weighted by Crippen LogP contribution is 2.25. The molecule has 5 heteroatoms. The van der Waals surface area contributed by atoms with Gasteiger partial charge in [-0.2, -0.15) is 5.26 Å². The number of nitrogens with one attached hydrogen (secondary N) is 1. The van der Waals surface area contributed by atoms with Crippen molar-refractivity contribution in [3.8, 4) is 11.8 Å². The van der Waals surface area contributed by atoms with E-state index in [0.717, 1.165) is 16.7 Å². The molecule has 0 radical (unpaired) electrons. The lowest BCUT2D eigenvalue weighted by atomic mass is 10.2. The normalized spacial score (nSPS) is 10.5. The zero-order valence-corrected chi connectivity index (χ0v) is 11.3. The Labute approximate surface area is 119 Å². The van der Waals surface area contributed by atoms with Crippen LogP contribution in [0.4, 0.5) is 0 Å². The lowest BCUT2D eigenvalue weighted by Gasteiger charge is -2.04. The maximum absolute atomic E-state index is 8.97. The minimum Gasteiger partial charge on any atom is -0.329 e. The van der Waals surface area contributed by atoms with Crippen molar-refractivity contribution in [2.75, 3.05) is 0 Å². The maximum Gasteiger partial charge on any atom is 0.182 e. The van der Waals surface area contributed by atoms with Gasteiger partial charge in [-0.1, -0.05) is 23.7 Å². The van der Waals surface area contributed by atoms with Crippen LogP contribution in [0.2, 0.25) is 5.02 Å². The molecule has 1 heterocycles. The number of para-hydroxylation sites is 1. The van der Waals surface area contributed by atoms with Crippen molar-refractivity contribution in [3.63, 3.8) is 0 Å². The van der Waals surface area contributed by atoms with Gasteiger partial charge < -0.3 is 4.98 Å². The van der Waals surface area contributed by atoms with E-state index < -0.39 is 0 Å². The van der Waals surface area contributed by atoms with Gasteiger partial charge in [0.15, 0.2) is 4.77 Å². The van der Waals surface area contributed by atoms with Crippen molar-refractivity contribution < 1.29 is 0 Å². The molecular formula is C14H8ClN3S. The number of hydrogen-bond donors (Lipinski definition) is 1. The summed E-state index contributed by atoms with van der Waals surface area (Å²) in [5, 5.41) is 9.60. The minimum atomic E-state index is 0.554. The van der Waals surface area contributed by atoms with Crippen LogP contribution in [-0.4, -0.2) is 9.55 Å². The zero-order valence-electron chi connectivity index (χ0n) is 9.72. The second kappa shape index (κ2) is 4.54. The molecule has 1 aromatic heterocycles. The summed E-state index contributed by atoms with van der Waals surface area (Å²) < 4.78 is 2.43. The van der Waals surface area contributed by atoms with E-state index >= 15 is 0 Å². The fourth-order valence-electron chi connectivity index (χ4n) is 2.07. The molecule has 0 aliphatic heterocycles. The highest BCUT2D eigenvalue weighted by molar-refractivity contribution is 7.71. The summed E-state index contributed by atoms with van der Waals surface area (Å²) in [4.78, 5) is 3.09. The number of halogens is 1. The van der Waals surface area contributed by atoms with Gasteiger partial charge >= 0.3 is 0 Å². The summed E-state index contributed by atoms with van der Waals surface area (Å²) in [5.41, 5.74) is 3.14. The molecule has 0 fully saturated rings. The van der Waals surface area contributed by atoms with Gasteiger partial charge in [0, 0.05) is 5.69 Å². The van der Waals surface area contributed by atoms with Gasteiger partial charge in [0.1, 0.15) is 0 Å². The number of fused-ring (bicyclic) bond motifs is 1. The third kappa shape index (κ3) is 1.93. The van der Waals surface area contributed by atoms with E-state index in [1.165, 1.54) is 0 Å². The Balaban J connectivity index is 2.37. The molecule has 19 heavy (non-hydrogen) atoms. The molecule has 3 nitrogen and oxygen atoms in total. The Hall–Kier alpha value is -2.09. The van der Waals surface area contributed by atoms with Crippen LogP contribution in [-0.2, 0) is 0 Å². The van der Waals surface area contributed by atoms with Crippen LogP contribution in [0.5, 0.6) is 0 Å². The van der Waals surface area contributed by atoms with Crippen molar-refractivity contribution >= 4 is 34.9 Å². The van der Waals surface area contributed by atoms with Gasteiger partial charge in [0.2, 0.25) is 0 Å². The van der Waals surface area contributed by atoms with E-state index in [4.69, 9.17) is 29.1 Å². The molecule has 3 rings (SSSR count). The first-order valence-electron chi connectivity index (χ1n) is 5.60. The molecule has 0 spiro atoms. The van der Waals surface area contributed by atoms with Crippen LogP contribution in [0.25, 0.3) is 16.7 Å². The van der Waals surface area contributed by atoms with E-state index in [1.54, 1.807) is 12.1 Å². The Bertz CT molecular complexity index is 870. The number of H-pyrrole nitrogens is 1. The molecule has 2 aromatic carbocycles. The van der Waals surface area contributed by atoms with Crippen molar-refractivity contribution in [1.29, 1.82) is 5.26 Å². The summed E-state index contributed by atoms with van der Waals surface area (Å²) in [7, 11) is 0. The number of aromatic amines is 1. The van der Waals surface area contributed by atoms with Crippen LogP contribution in [0.3, 0.4) is 0 Å². The monoisotopic (exact) mass is 285 g/mol. The predicted molar refractivity (Wildman–Crippen MR) is 78.2 cm³/mol. The largest absolute Gasteiger partial charge is 0.329 e. The number of rotatable bonds is 1. The lowest BCUT2D eigenvalue weighted by molar-refractivity contribution is 1.06. The number of hydrogen-bond acceptors (Lipinski definition) is 2. The number of aromatic nitrogens is 2. The second-order valence-corrected chi connectivity index (χ2v) is 4.86. The SMILES string of the molecule is N#Cc1cccc(-n2c(=S)[nH]c3c(Cl)cccc32)c1. The minimum absolute atomic E-state index is 0.554. The quantitative estimate of drug-likeness (QED) is 0.681. The van der Waals surface area contributed by atoms with Crippen LogP contribution in [0.15, 0.2) is 42.5 Å². The molecule has 0 saturated heterocycles. The number of nitrogens with zero attached hydrogens (tertiary/aromatic N) is 2. The van der Waals surface area contributed by atoms with Crippen LogP contribution in [0, 0.1) is 16.1 Å². The predicted octanol–water partition coefficient (Wildman–Crippen LogP) is 4.21. The first-order valence-corrected chi connectivity index (χ1v) is 6.39. The summed E-state index contributed by atoms with van der Waals surface area (Å²) in [6.45, 7) is 0. The lowest BCUT2D eigenvalue weighted by Crippen LogP contribution is -1.94. The van der Waals surface area contributed by atoms with Gasteiger partial charge in [-0.15, -0.1) is 0 Å². The molecule has 0 atom stereocenters. The molecule has 0 amide bonds. The highest BCUT2D eigenvalue weighted by Gasteiger charge is 2.09. The summed E-state index contributed by atoms with van der Waals surface area (Å²) >= 11 is 11.5. The molecule has 1 N–H and O–H groups in total. The molecule has 3 aromatic rings. The Morgan fingerprint density at radius 3 is 2.79 bits per heavy atom. The summed E-state index contributed by atoms with van der Waals surface area (Å²) in [6, 6.07) is 15.0. The molecule has 0 aliphatic carbocycles. The van der Waals surface area contributed by atoms with Crippen LogP contribution >= 0.6 is 23.8 Å². The van der Waals surface area contributed by atoms with Crippen molar-refractivity contribution in [3.05, 3.63) is 57.8 Å². The smallest absolute Gasteiger partial charge is 0.182 e. The number of nitriles is 1. The Morgan fingerprint density at radius 1 is 1.21 bits per heavy atom. The first kappa shape index (κ1) is 12.0. The highest BCUT2D eigenvalue weighted by atomic mass is 35.5. The Kier molecular flexibility index (Phi) is 2.86. The Morgan fingerprint density at radius 2 is 2.00 bits per heavy atom. The third-order valence-electron chi connectivity index (χ3n) is 2.90. The van der Waals surface area contributed by atoms with Gasteiger partial charge in [0.25, 0.3) is 0 Å². The standard InChI is InChI=1S/C14H8ClN3S/c15-11-5-2-6-12-13(11)17-14(19)18(12)10-4-1-3-9(7-10)8-16/h1-7H,(H,17,19). The average Bonchev–Trinajstić information content (AvgIpc) is 2.77. The number of imidazole rings is 1. The third-order valence-corrected chi connectivity index (χ3v) is 3.50. The van der Waals surface area contributed by atoms with E-state index in [-0.39, 0.29) is 0 Å². The molecular weight excluding hydrogens is 278 g/mol. The average molecular weight is 286 g/mol. The van der Waals surface area contributed by atoms with Crippen molar-refractivity contribution in [2.24, 2.45) is 0 Å². The van der Waals surface area contributed by atoms with Gasteiger partial charge in [-0.3, -0.25) is 4.57 Å². The summed E-state index contributed by atoms with van der Waals surface area (Å²) in [6.07, 6.45) is 0. The molecule has 0 aliphatic rings. The zero-order chi connectivity index (χ0) is 13.4. The van der Waals surface area contributed by atoms with Crippen molar-refractivity contribution in [2.45, 2.75) is 0 Å². The van der Waals surface area contributed by atoms with Crippen molar-refractivity contribution in [1.82, 2.24) is 9.55 Å². The molecule has 0 saturated carbocycles. The fraction of sp³-hybridized carbons (Fsp3) is 0. The second-order valence-electron chi connectivity index (χ2n) is 4.06. The number of benzene rings is 2. The van der Waals surface area contributed by atoms with E-state index in [0.29, 0.717) is 15.4 Å². The van der Waals surface area contributed by atoms with Crippen LogP contribution < -0.4 is 0 Å². The fourth-order valence-corrected chi connectivity index (χ4v) is 2.59. The maximum atomic E-state index is 8.97. The molecule has 0 bridgehead atoms. The summed E-state index contributed by atoms with van der Waals surface area (Å²) in [5.74, 6) is 0. The van der Waals surface area contributed by atoms with E-state index in [2.05, 4.69) is 11.1 Å². The van der Waals surface area contributed by atoms with Gasteiger partial charge in [0.05, 0.1) is 27.7 Å². The first-order chi connectivity index (χ1) is 9.20. The molecule has 92 valence electrons. The van der Waals surface area contributed by atoms with E-state index in [1.807, 2.05) is 34.9 Å². The van der Waals surface area contributed by atoms with Gasteiger partial charge in [-0.25, -0.2) is 0 Å². The van der Waals surface area contributed by atoms with E-state index in [9.17, 15) is 0 Å².